The van der Waals surface area contributed by atoms with Crippen molar-refractivity contribution in [3.8, 4) is 0 Å². The molecule has 1 atom stereocenters. The Balaban J connectivity index is 2.60. The molecule has 7 heteroatoms. The number of carbonyl (C=O) groups excluding carboxylic acids is 2. The van der Waals surface area contributed by atoms with Gasteiger partial charge in [-0.25, -0.2) is 4.98 Å². The second-order valence-corrected chi connectivity index (χ2v) is 5.55. The van der Waals surface area contributed by atoms with Crippen LogP contribution in [-0.4, -0.2) is 34.4 Å². The van der Waals surface area contributed by atoms with Crippen LogP contribution in [0.3, 0.4) is 0 Å². The summed E-state index contributed by atoms with van der Waals surface area (Å²) >= 11 is 5.11. The first kappa shape index (κ1) is 15.4. The van der Waals surface area contributed by atoms with Crippen LogP contribution in [0.4, 0.5) is 5.82 Å². The fourth-order valence-corrected chi connectivity index (χ4v) is 2.88. The van der Waals surface area contributed by atoms with Crippen LogP contribution in [0.25, 0.3) is 0 Å². The molecule has 0 saturated carbocycles. The van der Waals surface area contributed by atoms with Crippen LogP contribution in [0.1, 0.15) is 30.2 Å². The van der Waals surface area contributed by atoms with Gasteiger partial charge in [-0.15, -0.1) is 0 Å². The maximum atomic E-state index is 12.0. The second-order valence-electron chi connectivity index (χ2n) is 5.11. The van der Waals surface area contributed by atoms with Crippen LogP contribution in [0.15, 0.2) is 6.07 Å². The smallest absolute Gasteiger partial charge is 0.249 e. The van der Waals surface area contributed by atoms with Crippen molar-refractivity contribution in [2.24, 2.45) is 5.73 Å². The van der Waals surface area contributed by atoms with Gasteiger partial charge in [0.05, 0.1) is 12.1 Å². The minimum absolute atomic E-state index is 0.0652. The minimum atomic E-state index is -0.454. The van der Waals surface area contributed by atoms with Gasteiger partial charge in [-0.3, -0.25) is 14.9 Å². The quantitative estimate of drug-likeness (QED) is 0.627. The molecule has 2 heterocycles. The van der Waals surface area contributed by atoms with Crippen molar-refractivity contribution in [3.05, 3.63) is 22.9 Å². The van der Waals surface area contributed by atoms with Gasteiger partial charge in [0.25, 0.3) is 0 Å². The van der Waals surface area contributed by atoms with E-state index in [-0.39, 0.29) is 23.3 Å². The van der Waals surface area contributed by atoms with E-state index in [9.17, 15) is 9.59 Å². The highest BCUT2D eigenvalue weighted by atomic mass is 32.1. The van der Waals surface area contributed by atoms with Crippen LogP contribution in [0, 0.1) is 13.8 Å². The lowest BCUT2D eigenvalue weighted by atomic mass is 10.0. The maximum Gasteiger partial charge on any atom is 0.249 e. The maximum absolute atomic E-state index is 12.0. The number of pyridine rings is 1. The van der Waals surface area contributed by atoms with Gasteiger partial charge in [0, 0.05) is 5.69 Å². The van der Waals surface area contributed by atoms with E-state index in [1.165, 1.54) is 0 Å². The molecule has 0 bridgehead atoms. The summed E-state index contributed by atoms with van der Waals surface area (Å²) in [6, 6.07) is 1.43. The number of nitrogens with two attached hydrogens (primary N) is 1. The molecule has 112 valence electrons. The highest BCUT2D eigenvalue weighted by Crippen LogP contribution is 2.26. The summed E-state index contributed by atoms with van der Waals surface area (Å²) in [5, 5.41) is 2.35. The van der Waals surface area contributed by atoms with Crippen molar-refractivity contribution >= 4 is 34.8 Å². The zero-order valence-electron chi connectivity index (χ0n) is 12.3. The third-order valence-electron chi connectivity index (χ3n) is 3.49. The number of aromatic nitrogens is 1. The molecule has 3 N–H and O–H groups in total. The molecule has 6 nitrogen and oxygen atoms in total. The zero-order valence-corrected chi connectivity index (χ0v) is 13.1. The molecule has 21 heavy (non-hydrogen) atoms. The summed E-state index contributed by atoms with van der Waals surface area (Å²) in [7, 11) is 0. The minimum Gasteiger partial charge on any atom is -0.389 e. The number of aryl methyl sites for hydroxylation is 2. The van der Waals surface area contributed by atoms with Gasteiger partial charge in [0.1, 0.15) is 16.8 Å². The van der Waals surface area contributed by atoms with E-state index in [2.05, 4.69) is 10.3 Å². The van der Waals surface area contributed by atoms with Gasteiger partial charge in [0.2, 0.25) is 11.8 Å². The first-order valence-corrected chi connectivity index (χ1v) is 7.14. The van der Waals surface area contributed by atoms with E-state index >= 15 is 0 Å². The standard InChI is InChI=1S/C14H18N4O2S/c1-4-9-14(20)17-10(19)6-18(9)13-11(12(15)21)7(2)5-8(3)16-13/h5,9H,4,6H2,1-3H3,(H2,15,21)(H,17,19,20). The van der Waals surface area contributed by atoms with Crippen molar-refractivity contribution < 1.29 is 9.59 Å². The Morgan fingerprint density at radius 1 is 1.52 bits per heavy atom. The number of piperazine rings is 1. The van der Waals surface area contributed by atoms with E-state index in [1.54, 1.807) is 4.90 Å². The number of nitrogens with zero attached hydrogens (tertiary/aromatic N) is 2. The van der Waals surface area contributed by atoms with E-state index < -0.39 is 6.04 Å². The number of amides is 2. The molecule has 1 aliphatic heterocycles. The monoisotopic (exact) mass is 306 g/mol. The van der Waals surface area contributed by atoms with Crippen LogP contribution < -0.4 is 16.0 Å². The van der Waals surface area contributed by atoms with Crippen molar-refractivity contribution in [2.75, 3.05) is 11.4 Å². The first-order valence-electron chi connectivity index (χ1n) is 6.73. The van der Waals surface area contributed by atoms with Crippen LogP contribution in [-0.2, 0) is 9.59 Å². The molecule has 1 fully saturated rings. The summed E-state index contributed by atoms with van der Waals surface area (Å²) in [4.78, 5) is 30.1. The van der Waals surface area contributed by atoms with Crippen LogP contribution >= 0.6 is 12.2 Å². The summed E-state index contributed by atoms with van der Waals surface area (Å²) < 4.78 is 0. The molecule has 2 amide bonds. The van der Waals surface area contributed by atoms with Gasteiger partial charge in [0.15, 0.2) is 0 Å². The number of nitrogens with one attached hydrogen (secondary N) is 1. The molecule has 0 aliphatic carbocycles. The Morgan fingerprint density at radius 2 is 2.19 bits per heavy atom. The number of anilines is 1. The normalized spacial score (nSPS) is 18.6. The summed E-state index contributed by atoms with van der Waals surface area (Å²) in [5.74, 6) is -0.154. The Morgan fingerprint density at radius 3 is 2.76 bits per heavy atom. The highest BCUT2D eigenvalue weighted by Gasteiger charge is 2.35. The first-order chi connectivity index (χ1) is 9.85. The molecule has 2 rings (SSSR count). The third kappa shape index (κ3) is 2.87. The third-order valence-corrected chi connectivity index (χ3v) is 3.69. The average Bonchev–Trinajstić information content (AvgIpc) is 2.36. The predicted octanol–water partition coefficient (Wildman–Crippen LogP) is 0.574. The second kappa shape index (κ2) is 5.77. The molecule has 1 aliphatic rings. The highest BCUT2D eigenvalue weighted by molar-refractivity contribution is 7.80. The molecule has 1 saturated heterocycles. The topological polar surface area (TPSA) is 88.3 Å². The molecule has 0 radical (unpaired) electrons. The number of imide groups is 1. The Labute approximate surface area is 128 Å². The molecule has 1 unspecified atom stereocenters. The SMILES string of the molecule is CCC1C(=O)NC(=O)CN1c1nc(C)cc(C)c1C(N)=S. The summed E-state index contributed by atoms with van der Waals surface area (Å²) in [6.07, 6.45) is 0.560. The summed E-state index contributed by atoms with van der Waals surface area (Å²) in [5.41, 5.74) is 8.10. The molecule has 1 aromatic heterocycles. The molecular weight excluding hydrogens is 288 g/mol. The lowest BCUT2D eigenvalue weighted by Gasteiger charge is -2.35. The lowest BCUT2D eigenvalue weighted by molar-refractivity contribution is -0.132. The largest absolute Gasteiger partial charge is 0.389 e. The number of carbonyl (C=O) groups is 2. The van der Waals surface area contributed by atoms with Gasteiger partial charge in [-0.05, 0) is 31.9 Å². The van der Waals surface area contributed by atoms with Gasteiger partial charge >= 0.3 is 0 Å². The number of hydrogen-bond donors (Lipinski definition) is 2. The summed E-state index contributed by atoms with van der Waals surface area (Å²) in [6.45, 7) is 5.69. The average molecular weight is 306 g/mol. The van der Waals surface area contributed by atoms with Crippen molar-refractivity contribution in [1.82, 2.24) is 10.3 Å². The van der Waals surface area contributed by atoms with Crippen molar-refractivity contribution in [3.63, 3.8) is 0 Å². The molecule has 0 aromatic carbocycles. The van der Waals surface area contributed by atoms with Crippen LogP contribution in [0.5, 0.6) is 0 Å². The molecule has 1 aromatic rings. The van der Waals surface area contributed by atoms with Gasteiger partial charge < -0.3 is 10.6 Å². The van der Waals surface area contributed by atoms with E-state index in [4.69, 9.17) is 18.0 Å². The van der Waals surface area contributed by atoms with Crippen molar-refractivity contribution in [2.45, 2.75) is 33.2 Å². The van der Waals surface area contributed by atoms with E-state index in [0.717, 1.165) is 11.3 Å². The predicted molar refractivity (Wildman–Crippen MR) is 84.2 cm³/mol. The van der Waals surface area contributed by atoms with Crippen LogP contribution in [0.2, 0.25) is 0 Å². The van der Waals surface area contributed by atoms with E-state index in [0.29, 0.717) is 17.8 Å². The number of thiocarbonyl (C=S) groups is 1. The molecular formula is C14H18N4O2S. The lowest BCUT2D eigenvalue weighted by Crippen LogP contribution is -2.58. The Bertz CT molecular complexity index is 630. The van der Waals surface area contributed by atoms with Crippen molar-refractivity contribution in [1.29, 1.82) is 0 Å². The fourth-order valence-electron chi connectivity index (χ4n) is 2.62. The molecule has 0 spiro atoms. The zero-order chi connectivity index (χ0) is 15.7. The van der Waals surface area contributed by atoms with Gasteiger partial charge in [-0.2, -0.15) is 0 Å². The fraction of sp³-hybridized carbons (Fsp3) is 0.429. The number of rotatable bonds is 3. The van der Waals surface area contributed by atoms with Gasteiger partial charge in [-0.1, -0.05) is 19.1 Å². The van der Waals surface area contributed by atoms with E-state index in [1.807, 2.05) is 26.8 Å². The Hall–Kier alpha value is -2.02. The number of hydrogen-bond acceptors (Lipinski definition) is 5. The Kier molecular flexibility index (Phi) is 4.22.